The Balaban J connectivity index is 1.59. The lowest BCUT2D eigenvalue weighted by atomic mass is 10.2. The minimum atomic E-state index is 0.657. The molecule has 0 aromatic carbocycles. The lowest BCUT2D eigenvalue weighted by Gasteiger charge is -2.35. The summed E-state index contributed by atoms with van der Waals surface area (Å²) in [4.78, 5) is 20.2. The molecule has 7 heteroatoms. The number of aryl methyl sites for hydroxylation is 1. The Kier molecular flexibility index (Phi) is 5.33. The minimum absolute atomic E-state index is 0.657. The van der Waals surface area contributed by atoms with Gasteiger partial charge in [0.25, 0.3) is 0 Å². The first kappa shape index (κ1) is 17.4. The van der Waals surface area contributed by atoms with E-state index in [1.807, 2.05) is 38.2 Å². The van der Waals surface area contributed by atoms with Gasteiger partial charge in [-0.15, -0.1) is 0 Å². The van der Waals surface area contributed by atoms with Crippen LogP contribution in [-0.4, -0.2) is 67.2 Å². The summed E-state index contributed by atoms with van der Waals surface area (Å²) in [6.45, 7) is 6.88. The van der Waals surface area contributed by atoms with E-state index in [9.17, 15) is 0 Å². The van der Waals surface area contributed by atoms with Crippen molar-refractivity contribution in [1.29, 1.82) is 0 Å². The number of nitrogens with zero attached hydrogens (tertiary/aromatic N) is 6. The second-order valence-corrected chi connectivity index (χ2v) is 6.53. The maximum Gasteiger partial charge on any atom is 0.226 e. The van der Waals surface area contributed by atoms with Gasteiger partial charge in [-0.3, -0.25) is 4.90 Å². The van der Waals surface area contributed by atoms with Gasteiger partial charge in [-0.25, -0.2) is 9.97 Å². The number of pyridine rings is 1. The van der Waals surface area contributed by atoms with E-state index in [1.165, 1.54) is 5.56 Å². The Morgan fingerprint density at radius 3 is 2.48 bits per heavy atom. The summed E-state index contributed by atoms with van der Waals surface area (Å²) in [5, 5.41) is 0. The molecule has 2 aromatic rings. The topological polar surface area (TPSA) is 57.6 Å². The van der Waals surface area contributed by atoms with Gasteiger partial charge >= 0.3 is 0 Å². The van der Waals surface area contributed by atoms with Crippen molar-refractivity contribution in [3.05, 3.63) is 35.7 Å². The lowest BCUT2D eigenvalue weighted by molar-refractivity contribution is 0.249. The van der Waals surface area contributed by atoms with E-state index in [2.05, 4.69) is 36.9 Å². The zero-order valence-corrected chi connectivity index (χ0v) is 15.4. The van der Waals surface area contributed by atoms with Crippen LogP contribution >= 0.6 is 0 Å². The number of aromatic nitrogens is 3. The van der Waals surface area contributed by atoms with Crippen LogP contribution in [0.4, 0.5) is 11.8 Å². The predicted octanol–water partition coefficient (Wildman–Crippen LogP) is 1.58. The van der Waals surface area contributed by atoms with Gasteiger partial charge in [0.2, 0.25) is 11.8 Å². The van der Waals surface area contributed by atoms with Crippen LogP contribution in [0.3, 0.4) is 0 Å². The number of hydrogen-bond acceptors (Lipinski definition) is 7. The number of ether oxygens (including phenoxy) is 1. The highest BCUT2D eigenvalue weighted by atomic mass is 16.5. The Morgan fingerprint density at radius 2 is 1.88 bits per heavy atom. The largest absolute Gasteiger partial charge is 0.481 e. The quantitative estimate of drug-likeness (QED) is 0.817. The predicted molar refractivity (Wildman–Crippen MR) is 99.4 cm³/mol. The van der Waals surface area contributed by atoms with Crippen LogP contribution in [0.25, 0.3) is 0 Å². The molecule has 134 valence electrons. The number of methoxy groups -OCH3 is 1. The van der Waals surface area contributed by atoms with Gasteiger partial charge in [0.15, 0.2) is 0 Å². The van der Waals surface area contributed by atoms with Crippen molar-refractivity contribution < 1.29 is 4.74 Å². The van der Waals surface area contributed by atoms with Gasteiger partial charge in [0.1, 0.15) is 5.82 Å². The molecule has 0 N–H and O–H groups in total. The Morgan fingerprint density at radius 1 is 1.12 bits per heavy atom. The molecule has 0 amide bonds. The van der Waals surface area contributed by atoms with Crippen LogP contribution in [0.2, 0.25) is 0 Å². The molecule has 2 aromatic heterocycles. The van der Waals surface area contributed by atoms with Gasteiger partial charge in [-0.05, 0) is 12.5 Å². The van der Waals surface area contributed by atoms with E-state index >= 15 is 0 Å². The fourth-order valence-corrected chi connectivity index (χ4v) is 2.92. The molecule has 0 aliphatic carbocycles. The summed E-state index contributed by atoms with van der Waals surface area (Å²) in [6, 6.07) is 6.06. The van der Waals surface area contributed by atoms with Crippen molar-refractivity contribution in [1.82, 2.24) is 19.9 Å². The standard InChI is InChI=1S/C18H26N6O/c1-14-11-16(21-18(20-14)22(2)3)24-9-7-23(8-10-24)13-15-5-6-17(25-4)19-12-15/h5-6,11-12H,7-10,13H2,1-4H3. The van der Waals surface area contributed by atoms with Crippen molar-refractivity contribution in [2.24, 2.45) is 0 Å². The molecule has 25 heavy (non-hydrogen) atoms. The second-order valence-electron chi connectivity index (χ2n) is 6.53. The van der Waals surface area contributed by atoms with Gasteiger partial charge in [0, 0.05) is 70.8 Å². The summed E-state index contributed by atoms with van der Waals surface area (Å²) < 4.78 is 5.11. The fraction of sp³-hybridized carbons (Fsp3) is 0.500. The minimum Gasteiger partial charge on any atom is -0.481 e. The summed E-state index contributed by atoms with van der Waals surface area (Å²) in [7, 11) is 5.58. The number of rotatable bonds is 5. The monoisotopic (exact) mass is 342 g/mol. The van der Waals surface area contributed by atoms with E-state index in [1.54, 1.807) is 7.11 Å². The molecule has 0 unspecified atom stereocenters. The van der Waals surface area contributed by atoms with Crippen LogP contribution in [-0.2, 0) is 6.54 Å². The van der Waals surface area contributed by atoms with Crippen LogP contribution in [0, 0.1) is 6.92 Å². The molecule has 1 saturated heterocycles. The molecule has 1 fully saturated rings. The second kappa shape index (κ2) is 7.65. The first-order valence-electron chi connectivity index (χ1n) is 8.54. The molecule has 7 nitrogen and oxygen atoms in total. The van der Waals surface area contributed by atoms with E-state index in [-0.39, 0.29) is 0 Å². The molecule has 1 aliphatic heterocycles. The summed E-state index contributed by atoms with van der Waals surface area (Å²) in [5.41, 5.74) is 2.21. The zero-order valence-electron chi connectivity index (χ0n) is 15.4. The molecule has 1 aliphatic rings. The third kappa shape index (κ3) is 4.36. The van der Waals surface area contributed by atoms with Gasteiger partial charge in [-0.2, -0.15) is 4.98 Å². The zero-order chi connectivity index (χ0) is 17.8. The van der Waals surface area contributed by atoms with Crippen LogP contribution in [0.5, 0.6) is 5.88 Å². The average molecular weight is 342 g/mol. The number of hydrogen-bond donors (Lipinski definition) is 0. The molecule has 0 spiro atoms. The summed E-state index contributed by atoms with van der Waals surface area (Å²) in [6.07, 6.45) is 1.89. The molecular weight excluding hydrogens is 316 g/mol. The van der Waals surface area contributed by atoms with Crippen molar-refractivity contribution in [3.8, 4) is 5.88 Å². The normalized spacial score (nSPS) is 15.3. The molecule has 3 heterocycles. The molecule has 0 atom stereocenters. The van der Waals surface area contributed by atoms with Crippen molar-refractivity contribution in [2.45, 2.75) is 13.5 Å². The smallest absolute Gasteiger partial charge is 0.226 e. The highest BCUT2D eigenvalue weighted by Crippen LogP contribution is 2.19. The maximum atomic E-state index is 5.11. The highest BCUT2D eigenvalue weighted by molar-refractivity contribution is 5.45. The van der Waals surface area contributed by atoms with E-state index in [0.717, 1.165) is 50.2 Å². The first-order valence-corrected chi connectivity index (χ1v) is 8.54. The molecular formula is C18H26N6O. The fourth-order valence-electron chi connectivity index (χ4n) is 2.92. The third-order valence-corrected chi connectivity index (χ3v) is 4.34. The van der Waals surface area contributed by atoms with Crippen LogP contribution in [0.1, 0.15) is 11.3 Å². The first-order chi connectivity index (χ1) is 12.0. The molecule has 0 saturated carbocycles. The van der Waals surface area contributed by atoms with Gasteiger partial charge in [-0.1, -0.05) is 6.07 Å². The molecule has 0 radical (unpaired) electrons. The number of piperazine rings is 1. The van der Waals surface area contributed by atoms with E-state index in [0.29, 0.717) is 5.88 Å². The Labute approximate surface area is 149 Å². The number of anilines is 2. The highest BCUT2D eigenvalue weighted by Gasteiger charge is 2.19. The Bertz CT molecular complexity index is 695. The van der Waals surface area contributed by atoms with Gasteiger partial charge in [0.05, 0.1) is 7.11 Å². The molecule has 0 bridgehead atoms. The van der Waals surface area contributed by atoms with Crippen LogP contribution < -0.4 is 14.5 Å². The Hall–Kier alpha value is -2.41. The van der Waals surface area contributed by atoms with E-state index in [4.69, 9.17) is 4.74 Å². The third-order valence-electron chi connectivity index (χ3n) is 4.34. The lowest BCUT2D eigenvalue weighted by Crippen LogP contribution is -2.46. The maximum absolute atomic E-state index is 5.11. The van der Waals surface area contributed by atoms with Crippen molar-refractivity contribution in [3.63, 3.8) is 0 Å². The van der Waals surface area contributed by atoms with Crippen LogP contribution in [0.15, 0.2) is 24.4 Å². The SMILES string of the molecule is COc1ccc(CN2CCN(c3cc(C)nc(N(C)C)n3)CC2)cn1. The van der Waals surface area contributed by atoms with E-state index < -0.39 is 0 Å². The summed E-state index contributed by atoms with van der Waals surface area (Å²) >= 11 is 0. The van der Waals surface area contributed by atoms with Gasteiger partial charge < -0.3 is 14.5 Å². The molecule has 3 rings (SSSR count). The average Bonchev–Trinajstić information content (AvgIpc) is 2.62. The van der Waals surface area contributed by atoms with Crippen molar-refractivity contribution in [2.75, 3.05) is 57.2 Å². The summed E-state index contributed by atoms with van der Waals surface area (Å²) in [5.74, 6) is 2.44. The van der Waals surface area contributed by atoms with Crippen molar-refractivity contribution >= 4 is 11.8 Å².